The van der Waals surface area contributed by atoms with Crippen LogP contribution in [0.25, 0.3) is 10.8 Å². The van der Waals surface area contributed by atoms with E-state index in [1.807, 2.05) is 66.7 Å². The van der Waals surface area contributed by atoms with E-state index in [1.54, 1.807) is 0 Å². The van der Waals surface area contributed by atoms with Gasteiger partial charge in [-0.15, -0.1) is 0 Å². The van der Waals surface area contributed by atoms with Gasteiger partial charge in [-0.2, -0.15) is 0 Å². The minimum atomic E-state index is -0.167. The molecule has 0 aliphatic heterocycles. The smallest absolute Gasteiger partial charge is 0.258 e. The fraction of sp³-hybridized carbons (Fsp3) is 0.150. The summed E-state index contributed by atoms with van der Waals surface area (Å²) in [4.78, 5) is 11.8. The highest BCUT2D eigenvalue weighted by molar-refractivity contribution is 14.1. The number of carbonyl (C=O) groups excluding carboxylic acids is 1. The van der Waals surface area contributed by atoms with Crippen LogP contribution < -0.4 is 14.8 Å². The van der Waals surface area contributed by atoms with Gasteiger partial charge in [0.05, 0.1) is 6.54 Å². The molecule has 0 saturated carbocycles. The Balaban J connectivity index is 1.42. The van der Waals surface area contributed by atoms with Crippen LogP contribution in [0.3, 0.4) is 0 Å². The Labute approximate surface area is 160 Å². The van der Waals surface area contributed by atoms with Crippen LogP contribution in [0.2, 0.25) is 0 Å². The topological polar surface area (TPSA) is 47.6 Å². The summed E-state index contributed by atoms with van der Waals surface area (Å²) in [7, 11) is 0. The highest BCUT2D eigenvalue weighted by Crippen LogP contribution is 2.24. The summed E-state index contributed by atoms with van der Waals surface area (Å²) < 4.78 is 12.4. The summed E-state index contributed by atoms with van der Waals surface area (Å²) in [5.74, 6) is 1.34. The van der Waals surface area contributed by atoms with E-state index in [1.165, 1.54) is 0 Å². The highest BCUT2D eigenvalue weighted by Gasteiger charge is 2.04. The third-order valence-electron chi connectivity index (χ3n) is 3.61. The number of carbonyl (C=O) groups is 1. The van der Waals surface area contributed by atoms with Gasteiger partial charge in [-0.3, -0.25) is 4.79 Å². The Bertz CT molecular complexity index is 844. The minimum absolute atomic E-state index is 0.00510. The molecule has 3 aromatic rings. The molecule has 0 aliphatic carbocycles. The number of fused-ring (bicyclic) bond motifs is 1. The van der Waals surface area contributed by atoms with Crippen LogP contribution in [0.4, 0.5) is 0 Å². The molecule has 25 heavy (non-hydrogen) atoms. The average molecular weight is 447 g/mol. The molecular weight excluding hydrogens is 429 g/mol. The second-order valence-corrected chi connectivity index (χ2v) is 6.66. The molecule has 128 valence electrons. The summed E-state index contributed by atoms with van der Waals surface area (Å²) in [6.45, 7) is 0.830. The van der Waals surface area contributed by atoms with Crippen molar-refractivity contribution in [3.05, 3.63) is 70.3 Å². The van der Waals surface area contributed by atoms with Gasteiger partial charge in [-0.25, -0.2) is 0 Å². The van der Waals surface area contributed by atoms with Crippen LogP contribution in [0, 0.1) is 3.57 Å². The largest absolute Gasteiger partial charge is 0.491 e. The van der Waals surface area contributed by atoms with Crippen LogP contribution in [0.5, 0.6) is 11.5 Å². The van der Waals surface area contributed by atoms with E-state index in [9.17, 15) is 4.79 Å². The van der Waals surface area contributed by atoms with Gasteiger partial charge in [-0.1, -0.05) is 36.4 Å². The van der Waals surface area contributed by atoms with Crippen molar-refractivity contribution < 1.29 is 14.3 Å². The first kappa shape index (κ1) is 17.5. The lowest BCUT2D eigenvalue weighted by Gasteiger charge is -2.10. The highest BCUT2D eigenvalue weighted by atomic mass is 127. The Morgan fingerprint density at radius 1 is 0.920 bits per heavy atom. The van der Waals surface area contributed by atoms with Gasteiger partial charge in [0, 0.05) is 8.96 Å². The maximum Gasteiger partial charge on any atom is 0.258 e. The maximum atomic E-state index is 11.8. The van der Waals surface area contributed by atoms with Gasteiger partial charge in [0.1, 0.15) is 18.1 Å². The zero-order chi connectivity index (χ0) is 17.5. The molecule has 0 fully saturated rings. The lowest BCUT2D eigenvalue weighted by molar-refractivity contribution is -0.123. The molecule has 3 aromatic carbocycles. The molecule has 0 aromatic heterocycles. The number of nitrogens with one attached hydrogen (secondary N) is 1. The van der Waals surface area contributed by atoms with Crippen LogP contribution in [0.1, 0.15) is 0 Å². The van der Waals surface area contributed by atoms with E-state index in [-0.39, 0.29) is 12.5 Å². The summed E-state index contributed by atoms with van der Waals surface area (Å²) in [5.41, 5.74) is 0. The van der Waals surface area contributed by atoms with E-state index in [0.717, 1.165) is 20.1 Å². The van der Waals surface area contributed by atoms with E-state index in [4.69, 9.17) is 9.47 Å². The lowest BCUT2D eigenvalue weighted by Crippen LogP contribution is -2.32. The van der Waals surface area contributed by atoms with Gasteiger partial charge in [0.2, 0.25) is 0 Å². The molecular formula is C20H18INO3. The second-order valence-electron chi connectivity index (χ2n) is 5.42. The van der Waals surface area contributed by atoms with Crippen molar-refractivity contribution in [3.63, 3.8) is 0 Å². The predicted octanol–water partition coefficient (Wildman–Crippen LogP) is 4.02. The fourth-order valence-electron chi connectivity index (χ4n) is 2.40. The van der Waals surface area contributed by atoms with Crippen LogP contribution >= 0.6 is 22.6 Å². The normalized spacial score (nSPS) is 10.4. The van der Waals surface area contributed by atoms with Crippen LogP contribution in [-0.4, -0.2) is 25.7 Å². The molecule has 3 rings (SSSR count). The van der Waals surface area contributed by atoms with Crippen LogP contribution in [-0.2, 0) is 4.79 Å². The molecule has 0 unspecified atom stereocenters. The standard InChI is InChI=1S/C20H18INO3/c21-16-8-10-17(11-9-16)25-14-20(23)22-12-13-24-19-7-3-5-15-4-1-2-6-18(15)19/h1-11H,12-14H2,(H,22,23). The molecule has 0 saturated heterocycles. The quantitative estimate of drug-likeness (QED) is 0.440. The first-order valence-electron chi connectivity index (χ1n) is 7.98. The predicted molar refractivity (Wildman–Crippen MR) is 107 cm³/mol. The summed E-state index contributed by atoms with van der Waals surface area (Å²) in [5, 5.41) is 4.99. The summed E-state index contributed by atoms with van der Waals surface area (Å²) in [6.07, 6.45) is 0. The Kier molecular flexibility index (Phi) is 6.11. The summed E-state index contributed by atoms with van der Waals surface area (Å²) in [6, 6.07) is 21.6. The molecule has 0 spiro atoms. The van der Waals surface area contributed by atoms with Gasteiger partial charge in [0.25, 0.3) is 5.91 Å². The van der Waals surface area contributed by atoms with E-state index in [2.05, 4.69) is 27.9 Å². The van der Waals surface area contributed by atoms with Crippen molar-refractivity contribution in [2.75, 3.05) is 19.8 Å². The molecule has 0 radical (unpaired) electrons. The third-order valence-corrected chi connectivity index (χ3v) is 4.33. The lowest BCUT2D eigenvalue weighted by atomic mass is 10.1. The van der Waals surface area contributed by atoms with E-state index >= 15 is 0 Å². The minimum Gasteiger partial charge on any atom is -0.491 e. The van der Waals surface area contributed by atoms with Crippen molar-refractivity contribution in [3.8, 4) is 11.5 Å². The Morgan fingerprint density at radius 3 is 2.52 bits per heavy atom. The van der Waals surface area contributed by atoms with Gasteiger partial charge in [-0.05, 0) is 58.3 Å². The number of amides is 1. The van der Waals surface area contributed by atoms with Crippen molar-refractivity contribution in [1.82, 2.24) is 5.32 Å². The van der Waals surface area contributed by atoms with Crippen molar-refractivity contribution in [1.29, 1.82) is 0 Å². The van der Waals surface area contributed by atoms with Crippen molar-refractivity contribution in [2.45, 2.75) is 0 Å². The first-order chi connectivity index (χ1) is 12.2. The number of hydrogen-bond donors (Lipinski definition) is 1. The van der Waals surface area contributed by atoms with Crippen molar-refractivity contribution >= 4 is 39.3 Å². The molecule has 0 aliphatic rings. The van der Waals surface area contributed by atoms with E-state index < -0.39 is 0 Å². The van der Waals surface area contributed by atoms with Gasteiger partial charge < -0.3 is 14.8 Å². The monoisotopic (exact) mass is 447 g/mol. The zero-order valence-electron chi connectivity index (χ0n) is 13.6. The first-order valence-corrected chi connectivity index (χ1v) is 9.06. The Hall–Kier alpha value is -2.28. The molecule has 0 atom stereocenters. The number of benzene rings is 3. The fourth-order valence-corrected chi connectivity index (χ4v) is 2.76. The number of halogens is 1. The number of hydrogen-bond acceptors (Lipinski definition) is 3. The van der Waals surface area contributed by atoms with Gasteiger partial charge in [0.15, 0.2) is 6.61 Å². The van der Waals surface area contributed by atoms with Crippen molar-refractivity contribution in [2.24, 2.45) is 0 Å². The maximum absolute atomic E-state index is 11.8. The van der Waals surface area contributed by atoms with E-state index in [0.29, 0.717) is 18.9 Å². The molecule has 0 bridgehead atoms. The molecule has 1 N–H and O–H groups in total. The summed E-state index contributed by atoms with van der Waals surface area (Å²) >= 11 is 2.22. The molecule has 4 nitrogen and oxygen atoms in total. The molecule has 5 heteroatoms. The van der Waals surface area contributed by atoms with Gasteiger partial charge >= 0.3 is 0 Å². The number of ether oxygens (including phenoxy) is 2. The average Bonchev–Trinajstić information content (AvgIpc) is 2.65. The Morgan fingerprint density at radius 2 is 1.68 bits per heavy atom. The third kappa shape index (κ3) is 5.09. The number of rotatable bonds is 7. The SMILES string of the molecule is O=C(COc1ccc(I)cc1)NCCOc1cccc2ccccc12. The zero-order valence-corrected chi connectivity index (χ0v) is 15.7. The molecule has 0 heterocycles. The second kappa shape index (κ2) is 8.71. The van der Waals surface area contributed by atoms with Crippen LogP contribution in [0.15, 0.2) is 66.7 Å². The molecule has 1 amide bonds.